The molecule has 0 saturated heterocycles. The van der Waals surface area contributed by atoms with E-state index in [0.717, 1.165) is 45.9 Å². The van der Waals surface area contributed by atoms with Crippen molar-refractivity contribution in [1.82, 2.24) is 20.2 Å². The summed E-state index contributed by atoms with van der Waals surface area (Å²) in [6.07, 6.45) is 0.841. The molecule has 160 valence electrons. The van der Waals surface area contributed by atoms with Crippen LogP contribution in [-0.2, 0) is 17.7 Å². The van der Waals surface area contributed by atoms with Crippen LogP contribution in [0.2, 0.25) is 0 Å². The molecule has 2 aromatic heterocycles. The molecule has 6 nitrogen and oxygen atoms in total. The largest absolute Gasteiger partial charge is 0.375 e. The predicted octanol–water partition coefficient (Wildman–Crippen LogP) is 4.61. The number of hydrogen-bond donors (Lipinski definition) is 1. The number of rotatable bonds is 9. The van der Waals surface area contributed by atoms with Crippen molar-refractivity contribution in [2.75, 3.05) is 27.2 Å². The highest BCUT2D eigenvalue weighted by Gasteiger charge is 2.13. The van der Waals surface area contributed by atoms with E-state index in [9.17, 15) is 0 Å². The van der Waals surface area contributed by atoms with Crippen LogP contribution in [0, 0.1) is 0 Å². The number of nitrogens with zero attached hydrogens (tertiary/aromatic N) is 4. The van der Waals surface area contributed by atoms with E-state index in [-0.39, 0.29) is 6.10 Å². The standard InChI is InChI=1S/C22H29N5OS2/c1-5-23-22(27(3)13-19-15-29-20(26-19)16(2)28-4)24-12-11-18-14-30-21(25-18)17-9-7-6-8-10-17/h6-10,14-16H,5,11-13H2,1-4H3,(H,23,24). The number of hydrogen-bond acceptors (Lipinski definition) is 6. The first-order valence-electron chi connectivity index (χ1n) is 10.1. The van der Waals surface area contributed by atoms with E-state index in [2.05, 4.69) is 45.0 Å². The summed E-state index contributed by atoms with van der Waals surface area (Å²) in [6.45, 7) is 6.30. The lowest BCUT2D eigenvalue weighted by Crippen LogP contribution is -2.38. The van der Waals surface area contributed by atoms with Crippen LogP contribution in [0.4, 0.5) is 0 Å². The van der Waals surface area contributed by atoms with Gasteiger partial charge in [0.1, 0.15) is 16.1 Å². The van der Waals surface area contributed by atoms with Crippen molar-refractivity contribution in [2.45, 2.75) is 32.9 Å². The Morgan fingerprint density at radius 2 is 1.93 bits per heavy atom. The molecule has 30 heavy (non-hydrogen) atoms. The minimum Gasteiger partial charge on any atom is -0.375 e. The van der Waals surface area contributed by atoms with Crippen molar-refractivity contribution < 1.29 is 4.74 Å². The first-order valence-corrected chi connectivity index (χ1v) is 11.8. The average molecular weight is 444 g/mol. The van der Waals surface area contributed by atoms with E-state index >= 15 is 0 Å². The fourth-order valence-corrected chi connectivity index (χ4v) is 4.58. The number of methoxy groups -OCH3 is 1. The van der Waals surface area contributed by atoms with Gasteiger partial charge >= 0.3 is 0 Å². The Bertz CT molecular complexity index is 938. The summed E-state index contributed by atoms with van der Waals surface area (Å²) in [6, 6.07) is 10.3. The lowest BCUT2D eigenvalue weighted by atomic mass is 10.2. The minimum absolute atomic E-state index is 0.0230. The maximum atomic E-state index is 5.36. The number of benzene rings is 1. The van der Waals surface area contributed by atoms with Crippen LogP contribution < -0.4 is 5.32 Å². The van der Waals surface area contributed by atoms with Gasteiger partial charge in [0.15, 0.2) is 5.96 Å². The number of aromatic nitrogens is 2. The van der Waals surface area contributed by atoms with Gasteiger partial charge in [-0.1, -0.05) is 30.3 Å². The number of guanidine groups is 1. The molecule has 1 atom stereocenters. The molecule has 0 fully saturated rings. The van der Waals surface area contributed by atoms with Crippen molar-refractivity contribution in [3.63, 3.8) is 0 Å². The topological polar surface area (TPSA) is 62.6 Å². The lowest BCUT2D eigenvalue weighted by Gasteiger charge is -2.21. The quantitative estimate of drug-likeness (QED) is 0.386. The molecule has 1 N–H and O–H groups in total. The Hall–Kier alpha value is -2.29. The monoisotopic (exact) mass is 443 g/mol. The van der Waals surface area contributed by atoms with Gasteiger partial charge in [0.25, 0.3) is 0 Å². The maximum absolute atomic E-state index is 5.36. The molecule has 1 aromatic carbocycles. The van der Waals surface area contributed by atoms with E-state index < -0.39 is 0 Å². The third-order valence-electron chi connectivity index (χ3n) is 4.57. The van der Waals surface area contributed by atoms with Crippen LogP contribution in [-0.4, -0.2) is 48.1 Å². The van der Waals surface area contributed by atoms with Crippen molar-refractivity contribution in [2.24, 2.45) is 4.99 Å². The molecule has 0 spiro atoms. The summed E-state index contributed by atoms with van der Waals surface area (Å²) in [5.41, 5.74) is 3.27. The molecule has 3 aromatic rings. The summed E-state index contributed by atoms with van der Waals surface area (Å²) in [5.74, 6) is 0.880. The van der Waals surface area contributed by atoms with Crippen LogP contribution >= 0.6 is 22.7 Å². The molecule has 0 amide bonds. The van der Waals surface area contributed by atoms with Gasteiger partial charge in [-0.05, 0) is 13.8 Å². The van der Waals surface area contributed by atoms with Crippen molar-refractivity contribution in [1.29, 1.82) is 0 Å². The molecule has 0 saturated carbocycles. The summed E-state index contributed by atoms with van der Waals surface area (Å²) in [7, 11) is 3.75. The Balaban J connectivity index is 1.58. The van der Waals surface area contributed by atoms with Gasteiger partial charge in [0, 0.05) is 50.0 Å². The average Bonchev–Trinajstić information content (AvgIpc) is 3.43. The lowest BCUT2D eigenvalue weighted by molar-refractivity contribution is 0.119. The number of ether oxygens (including phenoxy) is 1. The second kappa shape index (κ2) is 11.2. The second-order valence-electron chi connectivity index (χ2n) is 6.91. The van der Waals surface area contributed by atoms with Gasteiger partial charge in [0.05, 0.1) is 17.9 Å². The molecule has 1 unspecified atom stereocenters. The van der Waals surface area contributed by atoms with Gasteiger partial charge in [-0.2, -0.15) is 0 Å². The van der Waals surface area contributed by atoms with Crippen LogP contribution in [0.5, 0.6) is 0 Å². The van der Waals surface area contributed by atoms with E-state index in [1.54, 1.807) is 29.8 Å². The molecule has 0 aliphatic carbocycles. The van der Waals surface area contributed by atoms with Crippen molar-refractivity contribution in [3.05, 3.63) is 57.5 Å². The molecule has 0 bridgehead atoms. The van der Waals surface area contributed by atoms with Gasteiger partial charge in [-0.3, -0.25) is 4.99 Å². The highest BCUT2D eigenvalue weighted by Crippen LogP contribution is 2.23. The molecular weight excluding hydrogens is 414 g/mol. The normalized spacial score (nSPS) is 12.7. The number of aliphatic imine (C=N–C) groups is 1. The summed E-state index contributed by atoms with van der Waals surface area (Å²) in [4.78, 5) is 16.3. The zero-order valence-electron chi connectivity index (χ0n) is 18.0. The fourth-order valence-electron chi connectivity index (χ4n) is 2.88. The molecule has 3 rings (SSSR count). The first kappa shape index (κ1) is 22.4. The molecule has 0 aliphatic rings. The number of thiazole rings is 2. The van der Waals surface area contributed by atoms with Crippen LogP contribution in [0.25, 0.3) is 10.6 Å². The van der Waals surface area contributed by atoms with Crippen LogP contribution in [0.15, 0.2) is 46.1 Å². The third-order valence-corrected chi connectivity index (χ3v) is 6.56. The fraction of sp³-hybridized carbons (Fsp3) is 0.409. The van der Waals surface area contributed by atoms with Crippen molar-refractivity contribution in [3.8, 4) is 10.6 Å². The van der Waals surface area contributed by atoms with E-state index in [0.29, 0.717) is 13.1 Å². The van der Waals surface area contributed by atoms with E-state index in [1.807, 2.05) is 32.2 Å². The molecule has 8 heteroatoms. The van der Waals surface area contributed by atoms with Gasteiger partial charge in [0.2, 0.25) is 0 Å². The summed E-state index contributed by atoms with van der Waals surface area (Å²) < 4.78 is 5.36. The first-order chi connectivity index (χ1) is 14.6. The maximum Gasteiger partial charge on any atom is 0.194 e. The van der Waals surface area contributed by atoms with Crippen molar-refractivity contribution >= 4 is 28.6 Å². The Labute approximate surface area is 186 Å². The smallest absolute Gasteiger partial charge is 0.194 e. The van der Waals surface area contributed by atoms with Gasteiger partial charge < -0.3 is 15.0 Å². The van der Waals surface area contributed by atoms with E-state index in [1.165, 1.54) is 0 Å². The highest BCUT2D eigenvalue weighted by atomic mass is 32.1. The Morgan fingerprint density at radius 1 is 1.17 bits per heavy atom. The zero-order chi connectivity index (χ0) is 21.3. The molecule has 2 heterocycles. The third kappa shape index (κ3) is 6.10. The number of nitrogens with one attached hydrogen (secondary N) is 1. The molecule has 0 aliphatic heterocycles. The second-order valence-corrected chi connectivity index (χ2v) is 8.65. The minimum atomic E-state index is 0.0230. The zero-order valence-corrected chi connectivity index (χ0v) is 19.6. The summed E-state index contributed by atoms with van der Waals surface area (Å²) >= 11 is 3.32. The SMILES string of the molecule is CCNC(=NCCc1csc(-c2ccccc2)n1)N(C)Cc1csc(C(C)OC)n1. The Kier molecular flexibility index (Phi) is 8.36. The van der Waals surface area contributed by atoms with Gasteiger partial charge in [-0.15, -0.1) is 22.7 Å². The Morgan fingerprint density at radius 3 is 2.67 bits per heavy atom. The molecule has 0 radical (unpaired) electrons. The summed E-state index contributed by atoms with van der Waals surface area (Å²) in [5, 5.41) is 9.64. The van der Waals surface area contributed by atoms with Crippen LogP contribution in [0.3, 0.4) is 0 Å². The highest BCUT2D eigenvalue weighted by molar-refractivity contribution is 7.13. The van der Waals surface area contributed by atoms with E-state index in [4.69, 9.17) is 14.7 Å². The molecular formula is C22H29N5OS2. The predicted molar refractivity (Wildman–Crippen MR) is 126 cm³/mol. The van der Waals surface area contributed by atoms with Gasteiger partial charge in [-0.25, -0.2) is 9.97 Å². The van der Waals surface area contributed by atoms with Crippen LogP contribution in [0.1, 0.15) is 36.3 Å².